The second-order valence-corrected chi connectivity index (χ2v) is 6.93. The van der Waals surface area contributed by atoms with Crippen molar-refractivity contribution in [1.29, 1.82) is 5.41 Å². The van der Waals surface area contributed by atoms with Crippen LogP contribution in [0.4, 0.5) is 13.2 Å². The molecule has 1 aliphatic heterocycles. The number of hydrogen-bond acceptors (Lipinski definition) is 9. The van der Waals surface area contributed by atoms with Gasteiger partial charge >= 0.3 is 12.1 Å². The molecular weight excluding hydrogens is 449 g/mol. The number of aliphatic hydroxyl groups excluding tert-OH is 1. The summed E-state index contributed by atoms with van der Waals surface area (Å²) >= 11 is 0. The lowest BCUT2D eigenvalue weighted by atomic mass is 10.1. The molecule has 1 saturated heterocycles. The van der Waals surface area contributed by atoms with Gasteiger partial charge in [0.2, 0.25) is 5.82 Å². The van der Waals surface area contributed by atoms with Crippen LogP contribution in [-0.2, 0) is 15.7 Å². The molecule has 2 aromatic rings. The van der Waals surface area contributed by atoms with E-state index in [2.05, 4.69) is 25.0 Å². The Morgan fingerprint density at radius 3 is 2.73 bits per heavy atom. The molecule has 2 amide bonds. The molecule has 33 heavy (non-hydrogen) atoms. The molecule has 1 aliphatic rings. The van der Waals surface area contributed by atoms with Crippen LogP contribution < -0.4 is 5.32 Å². The Morgan fingerprint density at radius 2 is 2.15 bits per heavy atom. The molecule has 0 aromatic carbocycles. The molecule has 0 bridgehead atoms. The summed E-state index contributed by atoms with van der Waals surface area (Å²) in [5, 5.41) is 22.8. The molecule has 0 aliphatic carbocycles. The highest BCUT2D eigenvalue weighted by Crippen LogP contribution is 2.29. The van der Waals surface area contributed by atoms with Gasteiger partial charge < -0.3 is 30.0 Å². The first-order valence-corrected chi connectivity index (χ1v) is 9.56. The highest BCUT2D eigenvalue weighted by Gasteiger charge is 2.38. The number of nitrogens with one attached hydrogen (secondary N) is 2. The van der Waals surface area contributed by atoms with Crippen molar-refractivity contribution in [1.82, 2.24) is 25.3 Å². The Balaban J connectivity index is 1.65. The Labute approximate surface area is 184 Å². The first-order chi connectivity index (χ1) is 15.6. The fraction of sp³-hybridized carbons (Fsp3) is 0.368. The number of alkyl halides is 3. The molecule has 1 unspecified atom stereocenters. The van der Waals surface area contributed by atoms with Gasteiger partial charge in [0, 0.05) is 31.1 Å². The summed E-state index contributed by atoms with van der Waals surface area (Å²) in [4.78, 5) is 33.6. The standard InChI is InChI=1S/C19H19F3N6O5/c1-10(29)13(6-23)17(31)28-4-5-32-9-12(28)8-25-16(30)14-3-2-11(7-24-14)15-26-18(33-27-15)19(20,21)22/h2-3,6-7,12,23,29H,4-5,8-9H2,1H3,(H,25,30)/b13-10+,23-6?. The van der Waals surface area contributed by atoms with Gasteiger partial charge in [-0.25, -0.2) is 0 Å². The van der Waals surface area contributed by atoms with Crippen LogP contribution in [0, 0.1) is 5.41 Å². The second-order valence-electron chi connectivity index (χ2n) is 6.93. The third-order valence-corrected chi connectivity index (χ3v) is 4.67. The monoisotopic (exact) mass is 468 g/mol. The van der Waals surface area contributed by atoms with Gasteiger partial charge in [-0.15, -0.1) is 0 Å². The van der Waals surface area contributed by atoms with Crippen molar-refractivity contribution < 1.29 is 37.1 Å². The van der Waals surface area contributed by atoms with Gasteiger partial charge in [-0.2, -0.15) is 18.2 Å². The molecule has 0 spiro atoms. The van der Waals surface area contributed by atoms with E-state index in [1.807, 2.05) is 0 Å². The number of aliphatic hydroxyl groups is 1. The summed E-state index contributed by atoms with van der Waals surface area (Å²) in [6, 6.07) is 2.04. The molecule has 3 rings (SSSR count). The highest BCUT2D eigenvalue weighted by atomic mass is 19.4. The maximum Gasteiger partial charge on any atom is 0.471 e. The largest absolute Gasteiger partial charge is 0.512 e. The summed E-state index contributed by atoms with van der Waals surface area (Å²) in [5.41, 5.74) is -0.0756. The van der Waals surface area contributed by atoms with E-state index in [1.54, 1.807) is 0 Å². The average Bonchev–Trinajstić information content (AvgIpc) is 3.29. The van der Waals surface area contributed by atoms with E-state index in [1.165, 1.54) is 24.0 Å². The van der Waals surface area contributed by atoms with Crippen molar-refractivity contribution in [2.75, 3.05) is 26.3 Å². The van der Waals surface area contributed by atoms with Crippen LogP contribution in [0.1, 0.15) is 23.3 Å². The summed E-state index contributed by atoms with van der Waals surface area (Å²) in [6.07, 6.45) is -2.89. The topological polar surface area (TPSA) is 155 Å². The summed E-state index contributed by atoms with van der Waals surface area (Å²) in [7, 11) is 0. The molecule has 11 nitrogen and oxygen atoms in total. The number of hydrogen-bond donors (Lipinski definition) is 3. The van der Waals surface area contributed by atoms with E-state index in [4.69, 9.17) is 10.1 Å². The van der Waals surface area contributed by atoms with Gasteiger partial charge in [-0.3, -0.25) is 14.6 Å². The SMILES string of the molecule is C/C(O)=C(/C=N)C(=O)N1CCOCC1CNC(=O)c1ccc(-c2noc(C(F)(F)F)n2)cn1. The Bertz CT molecular complexity index is 1060. The van der Waals surface area contributed by atoms with Crippen LogP contribution in [0.2, 0.25) is 0 Å². The van der Waals surface area contributed by atoms with Crippen molar-refractivity contribution in [2.45, 2.75) is 19.1 Å². The first kappa shape index (κ1) is 23.8. The van der Waals surface area contributed by atoms with E-state index >= 15 is 0 Å². The van der Waals surface area contributed by atoms with Crippen LogP contribution in [0.25, 0.3) is 11.4 Å². The van der Waals surface area contributed by atoms with E-state index in [-0.39, 0.29) is 54.7 Å². The van der Waals surface area contributed by atoms with Gasteiger partial charge in [-0.1, -0.05) is 5.16 Å². The number of amides is 2. The first-order valence-electron chi connectivity index (χ1n) is 9.56. The lowest BCUT2D eigenvalue weighted by Gasteiger charge is -2.35. The van der Waals surface area contributed by atoms with Crippen molar-refractivity contribution in [3.63, 3.8) is 0 Å². The van der Waals surface area contributed by atoms with Crippen molar-refractivity contribution in [2.24, 2.45) is 0 Å². The molecule has 2 aromatic heterocycles. The number of nitrogens with zero attached hydrogens (tertiary/aromatic N) is 4. The molecule has 14 heteroatoms. The van der Waals surface area contributed by atoms with Crippen LogP contribution in [0.15, 0.2) is 34.2 Å². The van der Waals surface area contributed by atoms with Crippen LogP contribution in [0.5, 0.6) is 0 Å². The molecule has 3 heterocycles. The number of allylic oxidation sites excluding steroid dienone is 1. The summed E-state index contributed by atoms with van der Waals surface area (Å²) in [6.45, 7) is 1.91. The van der Waals surface area contributed by atoms with Crippen molar-refractivity contribution in [3.05, 3.63) is 41.2 Å². The van der Waals surface area contributed by atoms with Gasteiger partial charge in [0.1, 0.15) is 11.5 Å². The number of pyridine rings is 1. The molecular formula is C19H19F3N6O5. The Hall–Kier alpha value is -3.81. The van der Waals surface area contributed by atoms with Gasteiger partial charge in [0.25, 0.3) is 11.8 Å². The van der Waals surface area contributed by atoms with Gasteiger partial charge in [-0.05, 0) is 19.1 Å². The number of rotatable bonds is 6. The molecule has 176 valence electrons. The molecule has 1 fully saturated rings. The number of halogens is 3. The fourth-order valence-electron chi connectivity index (χ4n) is 2.98. The smallest absolute Gasteiger partial charge is 0.471 e. The lowest BCUT2D eigenvalue weighted by Crippen LogP contribution is -2.54. The van der Waals surface area contributed by atoms with E-state index < -0.39 is 29.9 Å². The van der Waals surface area contributed by atoms with Crippen LogP contribution in [0.3, 0.4) is 0 Å². The predicted octanol–water partition coefficient (Wildman–Crippen LogP) is 1.59. The Morgan fingerprint density at radius 1 is 1.39 bits per heavy atom. The number of carbonyl (C=O) groups excluding carboxylic acids is 2. The number of ether oxygens (including phenoxy) is 1. The zero-order valence-electron chi connectivity index (χ0n) is 17.2. The minimum Gasteiger partial charge on any atom is -0.512 e. The molecule has 1 atom stereocenters. The van der Waals surface area contributed by atoms with Gasteiger partial charge in [0.15, 0.2) is 0 Å². The third kappa shape index (κ3) is 5.52. The Kier molecular flexibility index (Phi) is 7.06. The van der Waals surface area contributed by atoms with Crippen LogP contribution in [-0.4, -0.2) is 75.5 Å². The van der Waals surface area contributed by atoms with Crippen LogP contribution >= 0.6 is 0 Å². The number of carbonyl (C=O) groups is 2. The van der Waals surface area contributed by atoms with Crippen molar-refractivity contribution >= 4 is 18.0 Å². The third-order valence-electron chi connectivity index (χ3n) is 4.67. The van der Waals surface area contributed by atoms with E-state index in [0.29, 0.717) is 0 Å². The summed E-state index contributed by atoms with van der Waals surface area (Å²) < 4.78 is 47.3. The van der Waals surface area contributed by atoms with E-state index in [0.717, 1.165) is 12.4 Å². The average molecular weight is 468 g/mol. The zero-order chi connectivity index (χ0) is 24.2. The molecule has 0 radical (unpaired) electrons. The maximum atomic E-state index is 12.6. The number of aromatic nitrogens is 3. The number of morpholine rings is 1. The van der Waals surface area contributed by atoms with Gasteiger partial charge in [0.05, 0.1) is 24.8 Å². The fourth-order valence-corrected chi connectivity index (χ4v) is 2.98. The predicted molar refractivity (Wildman–Crippen MR) is 105 cm³/mol. The maximum absolute atomic E-state index is 12.6. The minimum absolute atomic E-state index is 0.00352. The summed E-state index contributed by atoms with van der Waals surface area (Å²) in [5.74, 6) is -3.27. The van der Waals surface area contributed by atoms with E-state index in [9.17, 15) is 27.9 Å². The molecule has 0 saturated carbocycles. The quantitative estimate of drug-likeness (QED) is 0.328. The normalized spacial score (nSPS) is 17.3. The second kappa shape index (κ2) is 9.77. The highest BCUT2D eigenvalue weighted by molar-refractivity contribution is 6.11. The lowest BCUT2D eigenvalue weighted by molar-refractivity contribution is -0.159. The van der Waals surface area contributed by atoms with Crippen molar-refractivity contribution in [3.8, 4) is 11.4 Å². The minimum atomic E-state index is -4.78. The zero-order valence-corrected chi connectivity index (χ0v) is 17.2. The molecule has 3 N–H and O–H groups in total.